The summed E-state index contributed by atoms with van der Waals surface area (Å²) in [6.07, 6.45) is 3.58. The monoisotopic (exact) mass is 302 g/mol. The van der Waals surface area contributed by atoms with Crippen molar-refractivity contribution in [2.45, 2.75) is 66.9 Å². The fraction of sp³-hybridized carbons (Fsp3) is 0.875. The summed E-state index contributed by atoms with van der Waals surface area (Å²) in [6.45, 7) is 11.3. The molecule has 3 N–H and O–H groups in total. The SMILES string of the molecule is CC(=O)O.CC(C)C(=O)O.CC1(C)C2CCC1(C)C(O)C2. The topological polar surface area (TPSA) is 94.8 Å². The van der Waals surface area contributed by atoms with Gasteiger partial charge >= 0.3 is 5.97 Å². The van der Waals surface area contributed by atoms with E-state index in [2.05, 4.69) is 20.8 Å². The van der Waals surface area contributed by atoms with Crippen molar-refractivity contribution in [3.8, 4) is 0 Å². The van der Waals surface area contributed by atoms with Gasteiger partial charge in [0.25, 0.3) is 5.97 Å². The van der Waals surface area contributed by atoms with Crippen molar-refractivity contribution in [1.82, 2.24) is 0 Å². The number of carboxylic acid groups (broad SMARTS) is 2. The van der Waals surface area contributed by atoms with Crippen LogP contribution in [0.25, 0.3) is 0 Å². The number of aliphatic hydroxyl groups is 1. The molecule has 0 saturated heterocycles. The molecular weight excluding hydrogens is 272 g/mol. The fourth-order valence-corrected chi connectivity index (χ4v) is 3.16. The van der Waals surface area contributed by atoms with E-state index in [-0.39, 0.29) is 17.4 Å². The molecule has 0 amide bonds. The molecule has 5 nitrogen and oxygen atoms in total. The molecule has 5 heteroatoms. The number of carbonyl (C=O) groups is 2. The summed E-state index contributed by atoms with van der Waals surface area (Å²) in [4.78, 5) is 18.7. The van der Waals surface area contributed by atoms with Crippen LogP contribution in [0.1, 0.15) is 60.8 Å². The average Bonchev–Trinajstić information content (AvgIpc) is 2.62. The number of aliphatic carboxylic acids is 2. The maximum atomic E-state index is 9.81. The van der Waals surface area contributed by atoms with E-state index >= 15 is 0 Å². The van der Waals surface area contributed by atoms with Crippen LogP contribution >= 0.6 is 0 Å². The number of rotatable bonds is 1. The van der Waals surface area contributed by atoms with Gasteiger partial charge in [0.2, 0.25) is 0 Å². The van der Waals surface area contributed by atoms with Gasteiger partial charge in [-0.25, -0.2) is 0 Å². The molecule has 2 aliphatic carbocycles. The lowest BCUT2D eigenvalue weighted by Crippen LogP contribution is -2.35. The summed E-state index contributed by atoms with van der Waals surface area (Å²) in [5.41, 5.74) is 0.601. The van der Waals surface area contributed by atoms with E-state index in [0.29, 0.717) is 5.41 Å². The summed E-state index contributed by atoms with van der Waals surface area (Å²) >= 11 is 0. The van der Waals surface area contributed by atoms with E-state index in [9.17, 15) is 9.90 Å². The third-order valence-corrected chi connectivity index (χ3v) is 5.24. The first-order valence-electron chi connectivity index (χ1n) is 7.46. The standard InChI is InChI=1S/C10H18O.C4H8O2.C2H4O2/c1-9(2)7-4-5-10(9,3)8(11)6-7;1-3(2)4(5)6;1-2(3)4/h7-8,11H,4-6H2,1-3H3;3H,1-2H3,(H,5,6);1H3,(H,3,4). The summed E-state index contributed by atoms with van der Waals surface area (Å²) in [5, 5.41) is 25.2. The Bertz CT molecular complexity index is 371. The van der Waals surface area contributed by atoms with Crippen molar-refractivity contribution < 1.29 is 24.9 Å². The van der Waals surface area contributed by atoms with Crippen LogP contribution in [-0.4, -0.2) is 33.4 Å². The zero-order valence-corrected chi connectivity index (χ0v) is 14.0. The van der Waals surface area contributed by atoms with Gasteiger partial charge in [-0.05, 0) is 36.0 Å². The van der Waals surface area contributed by atoms with Gasteiger partial charge in [0.15, 0.2) is 0 Å². The van der Waals surface area contributed by atoms with Crippen LogP contribution in [0, 0.1) is 22.7 Å². The zero-order chi connectivity index (χ0) is 17.0. The molecule has 21 heavy (non-hydrogen) atoms. The Hall–Kier alpha value is -1.10. The van der Waals surface area contributed by atoms with E-state index in [1.54, 1.807) is 13.8 Å². The van der Waals surface area contributed by atoms with Crippen LogP contribution < -0.4 is 0 Å². The lowest BCUT2D eigenvalue weighted by molar-refractivity contribution is -0.140. The highest BCUT2D eigenvalue weighted by Gasteiger charge is 2.60. The van der Waals surface area contributed by atoms with Gasteiger partial charge in [0.1, 0.15) is 0 Å². The molecule has 2 rings (SSSR count). The Morgan fingerprint density at radius 3 is 1.62 bits per heavy atom. The molecule has 0 aromatic carbocycles. The molecule has 0 aromatic rings. The van der Waals surface area contributed by atoms with E-state index < -0.39 is 11.9 Å². The normalized spacial score (nSPS) is 31.8. The molecule has 2 saturated carbocycles. The van der Waals surface area contributed by atoms with E-state index in [1.807, 2.05) is 0 Å². The number of hydrogen-bond acceptors (Lipinski definition) is 3. The number of aliphatic hydroxyl groups excluding tert-OH is 1. The van der Waals surface area contributed by atoms with Crippen molar-refractivity contribution in [3.63, 3.8) is 0 Å². The quantitative estimate of drug-likeness (QED) is 0.692. The molecule has 2 fully saturated rings. The molecule has 124 valence electrons. The molecule has 0 heterocycles. The molecule has 2 aliphatic rings. The lowest BCUT2D eigenvalue weighted by Gasteiger charge is -2.36. The lowest BCUT2D eigenvalue weighted by atomic mass is 9.70. The van der Waals surface area contributed by atoms with Gasteiger partial charge in [-0.15, -0.1) is 0 Å². The van der Waals surface area contributed by atoms with Gasteiger partial charge in [0, 0.05) is 6.92 Å². The molecule has 0 radical (unpaired) electrons. The molecule has 0 aliphatic heterocycles. The second-order valence-corrected chi connectivity index (χ2v) is 7.14. The van der Waals surface area contributed by atoms with Crippen LogP contribution in [0.4, 0.5) is 0 Å². The third-order valence-electron chi connectivity index (χ3n) is 5.24. The van der Waals surface area contributed by atoms with Crippen LogP contribution in [-0.2, 0) is 9.59 Å². The maximum absolute atomic E-state index is 9.81. The second kappa shape index (κ2) is 7.25. The third kappa shape index (κ3) is 4.70. The highest BCUT2D eigenvalue weighted by atomic mass is 16.4. The molecule has 2 bridgehead atoms. The van der Waals surface area contributed by atoms with Gasteiger partial charge < -0.3 is 15.3 Å². The van der Waals surface area contributed by atoms with Crippen LogP contribution in [0.15, 0.2) is 0 Å². The molecular formula is C16H30O5. The predicted octanol–water partition coefficient (Wildman–Crippen LogP) is 3.01. The van der Waals surface area contributed by atoms with Gasteiger partial charge in [-0.2, -0.15) is 0 Å². The van der Waals surface area contributed by atoms with Crippen molar-refractivity contribution >= 4 is 11.9 Å². The van der Waals surface area contributed by atoms with Crippen molar-refractivity contribution in [2.24, 2.45) is 22.7 Å². The number of hydrogen-bond donors (Lipinski definition) is 3. The number of carboxylic acids is 2. The van der Waals surface area contributed by atoms with Crippen LogP contribution in [0.3, 0.4) is 0 Å². The van der Waals surface area contributed by atoms with E-state index in [1.165, 1.54) is 12.8 Å². The van der Waals surface area contributed by atoms with Gasteiger partial charge in [-0.1, -0.05) is 34.6 Å². The first kappa shape index (κ1) is 19.9. The van der Waals surface area contributed by atoms with Crippen LogP contribution in [0.2, 0.25) is 0 Å². The molecule has 3 atom stereocenters. The van der Waals surface area contributed by atoms with Crippen molar-refractivity contribution in [1.29, 1.82) is 0 Å². The summed E-state index contributed by atoms with van der Waals surface area (Å²) in [6, 6.07) is 0. The Morgan fingerprint density at radius 2 is 1.52 bits per heavy atom. The maximum Gasteiger partial charge on any atom is 0.305 e. The summed E-state index contributed by atoms with van der Waals surface area (Å²) < 4.78 is 0. The van der Waals surface area contributed by atoms with E-state index in [4.69, 9.17) is 15.0 Å². The first-order chi connectivity index (χ1) is 9.36. The largest absolute Gasteiger partial charge is 0.481 e. The average molecular weight is 302 g/mol. The zero-order valence-electron chi connectivity index (χ0n) is 14.0. The fourth-order valence-electron chi connectivity index (χ4n) is 3.16. The van der Waals surface area contributed by atoms with E-state index in [0.717, 1.165) is 19.3 Å². The summed E-state index contributed by atoms with van der Waals surface area (Å²) in [5.74, 6) is -1.03. The first-order valence-corrected chi connectivity index (χ1v) is 7.46. The van der Waals surface area contributed by atoms with Crippen molar-refractivity contribution in [2.75, 3.05) is 0 Å². The predicted molar refractivity (Wildman–Crippen MR) is 81.0 cm³/mol. The Morgan fingerprint density at radius 1 is 1.14 bits per heavy atom. The van der Waals surface area contributed by atoms with Crippen molar-refractivity contribution in [3.05, 3.63) is 0 Å². The Kier molecular flexibility index (Phi) is 6.87. The minimum atomic E-state index is -0.833. The smallest absolute Gasteiger partial charge is 0.305 e. The van der Waals surface area contributed by atoms with Crippen LogP contribution in [0.5, 0.6) is 0 Å². The molecule has 0 spiro atoms. The highest BCUT2D eigenvalue weighted by Crippen LogP contribution is 2.65. The number of fused-ring (bicyclic) bond motifs is 2. The van der Waals surface area contributed by atoms with Gasteiger partial charge in [0.05, 0.1) is 12.0 Å². The second-order valence-electron chi connectivity index (χ2n) is 7.14. The Labute approximate surface area is 127 Å². The highest BCUT2D eigenvalue weighted by molar-refractivity contribution is 5.68. The van der Waals surface area contributed by atoms with Gasteiger partial charge in [-0.3, -0.25) is 9.59 Å². The minimum Gasteiger partial charge on any atom is -0.481 e. The molecule has 3 unspecified atom stereocenters. The summed E-state index contributed by atoms with van der Waals surface area (Å²) in [7, 11) is 0. The Balaban J connectivity index is 0.000000342. The minimum absolute atomic E-state index is 0.0313. The molecule has 0 aromatic heterocycles.